The van der Waals surface area contributed by atoms with Gasteiger partial charge in [0.1, 0.15) is 0 Å². The van der Waals surface area contributed by atoms with Crippen LogP contribution < -0.4 is 10.6 Å². The lowest BCUT2D eigenvalue weighted by Gasteiger charge is -2.09. The van der Waals surface area contributed by atoms with E-state index in [-0.39, 0.29) is 12.5 Å². The molecule has 5 nitrogen and oxygen atoms in total. The third-order valence-electron chi connectivity index (χ3n) is 3.26. The molecule has 0 heterocycles. The van der Waals surface area contributed by atoms with E-state index < -0.39 is 5.97 Å². The normalized spacial score (nSPS) is 10.0. The van der Waals surface area contributed by atoms with Crippen LogP contribution in [0, 0.1) is 13.8 Å². The van der Waals surface area contributed by atoms with Crippen molar-refractivity contribution in [2.45, 2.75) is 13.8 Å². The summed E-state index contributed by atoms with van der Waals surface area (Å²) in [5, 5.41) is 5.87. The van der Waals surface area contributed by atoms with Crippen molar-refractivity contribution in [2.24, 2.45) is 0 Å². The van der Waals surface area contributed by atoms with Gasteiger partial charge in [0.25, 0.3) is 0 Å². The first-order chi connectivity index (χ1) is 11.0. The number of benzene rings is 2. The van der Waals surface area contributed by atoms with Crippen molar-refractivity contribution in [1.82, 2.24) is 0 Å². The van der Waals surface area contributed by atoms with Gasteiger partial charge in [-0.2, -0.15) is 0 Å². The molecule has 2 aromatic carbocycles. The third kappa shape index (κ3) is 4.85. The number of carbonyl (C=O) groups excluding carboxylic acids is 2. The fourth-order valence-electron chi connectivity index (χ4n) is 2.27. The molecule has 5 heteroatoms. The summed E-state index contributed by atoms with van der Waals surface area (Å²) in [6, 6.07) is 12.6. The van der Waals surface area contributed by atoms with Crippen molar-refractivity contribution < 1.29 is 14.3 Å². The van der Waals surface area contributed by atoms with Gasteiger partial charge in [0.15, 0.2) is 0 Å². The Morgan fingerprint density at radius 1 is 0.957 bits per heavy atom. The minimum atomic E-state index is -0.403. The molecule has 0 bridgehead atoms. The molecule has 23 heavy (non-hydrogen) atoms. The molecule has 0 aliphatic carbocycles. The molecule has 120 valence electrons. The number of nitrogens with one attached hydrogen (secondary N) is 2. The summed E-state index contributed by atoms with van der Waals surface area (Å²) in [4.78, 5) is 23.3. The molecule has 2 aromatic rings. The molecule has 0 unspecified atom stereocenters. The Labute approximate surface area is 135 Å². The smallest absolute Gasteiger partial charge is 0.337 e. The number of hydrogen-bond donors (Lipinski definition) is 2. The van der Waals surface area contributed by atoms with Crippen LogP contribution in [-0.2, 0) is 9.53 Å². The van der Waals surface area contributed by atoms with Crippen molar-refractivity contribution in [3.8, 4) is 0 Å². The van der Waals surface area contributed by atoms with Gasteiger partial charge < -0.3 is 15.4 Å². The molecule has 0 aliphatic heterocycles. The lowest BCUT2D eigenvalue weighted by Crippen LogP contribution is -2.21. The lowest BCUT2D eigenvalue weighted by atomic mass is 10.1. The number of rotatable bonds is 5. The highest BCUT2D eigenvalue weighted by atomic mass is 16.5. The number of ether oxygens (including phenoxy) is 1. The summed E-state index contributed by atoms with van der Waals surface area (Å²) in [7, 11) is 1.33. The summed E-state index contributed by atoms with van der Waals surface area (Å²) in [5.74, 6) is -0.561. The van der Waals surface area contributed by atoms with Crippen LogP contribution in [-0.4, -0.2) is 25.5 Å². The zero-order valence-corrected chi connectivity index (χ0v) is 13.5. The summed E-state index contributed by atoms with van der Waals surface area (Å²) in [6.45, 7) is 4.20. The van der Waals surface area contributed by atoms with Crippen molar-refractivity contribution in [1.29, 1.82) is 0 Å². The second-order valence-corrected chi connectivity index (χ2v) is 5.35. The maximum Gasteiger partial charge on any atom is 0.337 e. The largest absolute Gasteiger partial charge is 0.465 e. The number of methoxy groups -OCH3 is 1. The van der Waals surface area contributed by atoms with Crippen LogP contribution in [0.5, 0.6) is 0 Å². The summed E-state index contributed by atoms with van der Waals surface area (Å²) < 4.78 is 4.63. The molecule has 2 rings (SSSR count). The molecule has 0 radical (unpaired) electrons. The summed E-state index contributed by atoms with van der Waals surface area (Å²) >= 11 is 0. The fraction of sp³-hybridized carbons (Fsp3) is 0.222. The average molecular weight is 312 g/mol. The Balaban J connectivity index is 1.90. The van der Waals surface area contributed by atoms with Crippen molar-refractivity contribution in [2.75, 3.05) is 24.3 Å². The Morgan fingerprint density at radius 3 is 2.13 bits per heavy atom. The van der Waals surface area contributed by atoms with Gasteiger partial charge in [0.2, 0.25) is 5.91 Å². The highest BCUT2D eigenvalue weighted by Gasteiger charge is 2.06. The molecule has 2 N–H and O–H groups in total. The van der Waals surface area contributed by atoms with Gasteiger partial charge in [-0.05, 0) is 61.4 Å². The van der Waals surface area contributed by atoms with Gasteiger partial charge in [-0.3, -0.25) is 4.79 Å². The Bertz CT molecular complexity index is 688. The maximum atomic E-state index is 12.0. The van der Waals surface area contributed by atoms with E-state index in [0.717, 1.165) is 16.8 Å². The number of aryl methyl sites for hydroxylation is 2. The van der Waals surface area contributed by atoms with Gasteiger partial charge in [-0.25, -0.2) is 4.79 Å². The predicted octanol–water partition coefficient (Wildman–Crippen LogP) is 3.14. The topological polar surface area (TPSA) is 67.4 Å². The quantitative estimate of drug-likeness (QED) is 0.832. The Hall–Kier alpha value is -2.82. The number of esters is 1. The van der Waals surface area contributed by atoms with Gasteiger partial charge in [-0.1, -0.05) is 6.07 Å². The van der Waals surface area contributed by atoms with Crippen LogP contribution in [0.15, 0.2) is 42.5 Å². The molecule has 1 amide bonds. The first-order valence-electron chi connectivity index (χ1n) is 7.28. The van der Waals surface area contributed by atoms with Crippen LogP contribution in [0.1, 0.15) is 21.5 Å². The number of hydrogen-bond acceptors (Lipinski definition) is 4. The molecule has 0 atom stereocenters. The molecule has 0 spiro atoms. The first kappa shape index (κ1) is 16.5. The van der Waals surface area contributed by atoms with E-state index in [0.29, 0.717) is 11.3 Å². The molecular weight excluding hydrogens is 292 g/mol. The van der Waals surface area contributed by atoms with E-state index in [9.17, 15) is 9.59 Å². The second-order valence-electron chi connectivity index (χ2n) is 5.35. The molecule has 0 saturated heterocycles. The number of carbonyl (C=O) groups is 2. The van der Waals surface area contributed by atoms with Gasteiger partial charge in [0, 0.05) is 11.4 Å². The van der Waals surface area contributed by atoms with E-state index in [4.69, 9.17) is 0 Å². The summed E-state index contributed by atoms with van der Waals surface area (Å²) in [5.41, 5.74) is 4.28. The van der Waals surface area contributed by atoms with E-state index in [1.54, 1.807) is 24.3 Å². The van der Waals surface area contributed by atoms with Gasteiger partial charge >= 0.3 is 5.97 Å². The minimum Gasteiger partial charge on any atom is -0.465 e. The zero-order valence-electron chi connectivity index (χ0n) is 13.5. The van der Waals surface area contributed by atoms with Crippen molar-refractivity contribution in [3.63, 3.8) is 0 Å². The maximum absolute atomic E-state index is 12.0. The van der Waals surface area contributed by atoms with Gasteiger partial charge in [-0.15, -0.1) is 0 Å². The lowest BCUT2D eigenvalue weighted by molar-refractivity contribution is -0.114. The molecule has 0 aliphatic rings. The van der Waals surface area contributed by atoms with Crippen LogP contribution in [0.3, 0.4) is 0 Å². The van der Waals surface area contributed by atoms with E-state index >= 15 is 0 Å². The number of amides is 1. The SMILES string of the molecule is COC(=O)c1ccc(NC(=O)CNc2cc(C)cc(C)c2)cc1. The highest BCUT2D eigenvalue weighted by molar-refractivity contribution is 5.95. The third-order valence-corrected chi connectivity index (χ3v) is 3.26. The Kier molecular flexibility index (Phi) is 5.36. The molecule has 0 fully saturated rings. The average Bonchev–Trinajstić information content (AvgIpc) is 2.52. The molecule has 0 aromatic heterocycles. The molecule has 0 saturated carbocycles. The minimum absolute atomic E-state index is 0.157. The van der Waals surface area contributed by atoms with Crippen molar-refractivity contribution >= 4 is 23.3 Å². The van der Waals surface area contributed by atoms with Crippen LogP contribution >= 0.6 is 0 Å². The second kappa shape index (κ2) is 7.45. The van der Waals surface area contributed by atoms with Crippen LogP contribution in [0.25, 0.3) is 0 Å². The monoisotopic (exact) mass is 312 g/mol. The highest BCUT2D eigenvalue weighted by Crippen LogP contribution is 2.14. The van der Waals surface area contributed by atoms with E-state index in [2.05, 4.69) is 21.4 Å². The van der Waals surface area contributed by atoms with Gasteiger partial charge in [0.05, 0.1) is 19.2 Å². The van der Waals surface area contributed by atoms with Crippen LogP contribution in [0.2, 0.25) is 0 Å². The van der Waals surface area contributed by atoms with E-state index in [1.165, 1.54) is 7.11 Å². The fourth-order valence-corrected chi connectivity index (χ4v) is 2.27. The van der Waals surface area contributed by atoms with E-state index in [1.807, 2.05) is 26.0 Å². The summed E-state index contributed by atoms with van der Waals surface area (Å²) in [6.07, 6.45) is 0. The number of anilines is 2. The first-order valence-corrected chi connectivity index (χ1v) is 7.28. The Morgan fingerprint density at radius 2 is 1.57 bits per heavy atom. The van der Waals surface area contributed by atoms with Crippen molar-refractivity contribution in [3.05, 3.63) is 59.2 Å². The standard InChI is InChI=1S/C18H20N2O3/c1-12-8-13(2)10-16(9-12)19-11-17(21)20-15-6-4-14(5-7-15)18(22)23-3/h4-10,19H,11H2,1-3H3,(H,20,21). The zero-order chi connectivity index (χ0) is 16.8. The van der Waals surface area contributed by atoms with Crippen LogP contribution in [0.4, 0.5) is 11.4 Å². The molecular formula is C18H20N2O3. The predicted molar refractivity (Wildman–Crippen MR) is 90.8 cm³/mol.